The highest BCUT2D eigenvalue weighted by Gasteiger charge is 2.34. The van der Waals surface area contributed by atoms with Gasteiger partial charge in [0, 0.05) is 25.3 Å². The van der Waals surface area contributed by atoms with Crippen LogP contribution >= 0.6 is 0 Å². The second-order valence-electron chi connectivity index (χ2n) is 5.56. The molecule has 0 bridgehead atoms. The first-order valence-electron chi connectivity index (χ1n) is 7.10. The molecule has 0 spiro atoms. The number of hydrogen-bond acceptors (Lipinski definition) is 2. The molecule has 1 heterocycles. The van der Waals surface area contributed by atoms with Gasteiger partial charge in [-0.2, -0.15) is 5.10 Å². The van der Waals surface area contributed by atoms with Crippen LogP contribution in [0.4, 0.5) is 4.39 Å². The molecule has 0 unspecified atom stereocenters. The van der Waals surface area contributed by atoms with Crippen LogP contribution in [-0.2, 0) is 13.6 Å². The summed E-state index contributed by atoms with van der Waals surface area (Å²) < 4.78 is 14.7. The Morgan fingerprint density at radius 1 is 1.38 bits per heavy atom. The minimum atomic E-state index is -0.258. The van der Waals surface area contributed by atoms with Gasteiger partial charge in [0.2, 0.25) is 0 Å². The van der Waals surface area contributed by atoms with Crippen LogP contribution in [0.25, 0.3) is 0 Å². The van der Waals surface area contributed by atoms with Gasteiger partial charge in [-0.15, -0.1) is 0 Å². The molecule has 3 rings (SSSR count). The summed E-state index contributed by atoms with van der Waals surface area (Å²) in [5, 5.41) is 4.14. The van der Waals surface area contributed by atoms with Crippen molar-refractivity contribution in [3.63, 3.8) is 0 Å². The molecule has 2 aromatic rings. The van der Waals surface area contributed by atoms with Crippen LogP contribution < -0.4 is 0 Å². The Bertz CT molecular complexity index is 659. The molecule has 0 aliphatic heterocycles. The van der Waals surface area contributed by atoms with Crippen LogP contribution in [0.15, 0.2) is 30.5 Å². The number of nitrogens with zero attached hydrogens (tertiary/aromatic N) is 3. The SMILES string of the molecule is Cc1c(C(=O)N(Cc2ccc(F)cc2)C2CC2)cnn1C. The maximum atomic E-state index is 13.0. The van der Waals surface area contributed by atoms with Crippen molar-refractivity contribution in [2.24, 2.45) is 7.05 Å². The fourth-order valence-electron chi connectivity index (χ4n) is 2.40. The zero-order valence-corrected chi connectivity index (χ0v) is 12.2. The van der Waals surface area contributed by atoms with Crippen molar-refractivity contribution in [1.29, 1.82) is 0 Å². The standard InChI is InChI=1S/C16H18FN3O/c1-11-15(9-18-19(11)2)16(21)20(14-7-8-14)10-12-3-5-13(17)6-4-12/h3-6,9,14H,7-8,10H2,1-2H3. The van der Waals surface area contributed by atoms with E-state index in [9.17, 15) is 9.18 Å². The zero-order valence-electron chi connectivity index (χ0n) is 12.2. The Morgan fingerprint density at radius 2 is 2.05 bits per heavy atom. The topological polar surface area (TPSA) is 38.1 Å². The number of rotatable bonds is 4. The van der Waals surface area contributed by atoms with E-state index in [1.54, 1.807) is 23.0 Å². The van der Waals surface area contributed by atoms with Crippen LogP contribution in [0.1, 0.15) is 34.5 Å². The molecule has 0 atom stereocenters. The molecule has 5 heteroatoms. The molecule has 1 aromatic heterocycles. The molecule has 0 saturated heterocycles. The molecule has 1 amide bonds. The van der Waals surface area contributed by atoms with E-state index in [0.29, 0.717) is 18.2 Å². The van der Waals surface area contributed by atoms with Crippen molar-refractivity contribution in [2.75, 3.05) is 0 Å². The van der Waals surface area contributed by atoms with E-state index in [4.69, 9.17) is 0 Å². The number of aryl methyl sites for hydroxylation is 1. The number of amides is 1. The Hall–Kier alpha value is -2.17. The predicted octanol–water partition coefficient (Wildman–Crippen LogP) is 2.67. The molecule has 21 heavy (non-hydrogen) atoms. The van der Waals surface area contributed by atoms with Crippen molar-refractivity contribution in [3.8, 4) is 0 Å². The first-order valence-corrected chi connectivity index (χ1v) is 7.10. The molecule has 1 aromatic carbocycles. The first kappa shape index (κ1) is 13.8. The zero-order chi connectivity index (χ0) is 15.0. The monoisotopic (exact) mass is 287 g/mol. The molecule has 0 radical (unpaired) electrons. The van der Waals surface area contributed by atoms with Gasteiger partial charge in [0.1, 0.15) is 5.82 Å². The van der Waals surface area contributed by atoms with Gasteiger partial charge in [-0.3, -0.25) is 9.48 Å². The fraction of sp³-hybridized carbons (Fsp3) is 0.375. The maximum Gasteiger partial charge on any atom is 0.257 e. The number of hydrogen-bond donors (Lipinski definition) is 0. The lowest BCUT2D eigenvalue weighted by molar-refractivity contribution is 0.0729. The number of carbonyl (C=O) groups excluding carboxylic acids is 1. The number of carbonyl (C=O) groups is 1. The molecule has 0 N–H and O–H groups in total. The molecule has 1 saturated carbocycles. The molecular weight excluding hydrogens is 269 g/mol. The van der Waals surface area contributed by atoms with E-state index >= 15 is 0 Å². The second-order valence-corrected chi connectivity index (χ2v) is 5.56. The van der Waals surface area contributed by atoms with Gasteiger partial charge in [-0.25, -0.2) is 4.39 Å². The Morgan fingerprint density at radius 3 is 2.57 bits per heavy atom. The average Bonchev–Trinajstić information content (AvgIpc) is 3.25. The summed E-state index contributed by atoms with van der Waals surface area (Å²) in [4.78, 5) is 14.6. The molecule has 110 valence electrons. The lowest BCUT2D eigenvalue weighted by atomic mass is 10.1. The van der Waals surface area contributed by atoms with Gasteiger partial charge < -0.3 is 4.90 Å². The number of benzene rings is 1. The summed E-state index contributed by atoms with van der Waals surface area (Å²) >= 11 is 0. The van der Waals surface area contributed by atoms with E-state index in [-0.39, 0.29) is 11.7 Å². The van der Waals surface area contributed by atoms with Crippen molar-refractivity contribution >= 4 is 5.91 Å². The number of aromatic nitrogens is 2. The highest BCUT2D eigenvalue weighted by atomic mass is 19.1. The van der Waals surface area contributed by atoms with Crippen molar-refractivity contribution in [3.05, 3.63) is 53.1 Å². The normalized spacial score (nSPS) is 14.2. The lowest BCUT2D eigenvalue weighted by Crippen LogP contribution is -2.32. The van der Waals surface area contributed by atoms with Crippen molar-refractivity contribution in [2.45, 2.75) is 32.4 Å². The molecular formula is C16H18FN3O. The van der Waals surface area contributed by atoms with Crippen LogP contribution in [-0.4, -0.2) is 26.6 Å². The van der Waals surface area contributed by atoms with E-state index in [1.165, 1.54) is 12.1 Å². The van der Waals surface area contributed by atoms with Crippen LogP contribution in [0.3, 0.4) is 0 Å². The van der Waals surface area contributed by atoms with Gasteiger partial charge in [-0.1, -0.05) is 12.1 Å². The van der Waals surface area contributed by atoms with Crippen molar-refractivity contribution < 1.29 is 9.18 Å². The van der Waals surface area contributed by atoms with E-state index < -0.39 is 0 Å². The Balaban J connectivity index is 1.83. The summed E-state index contributed by atoms with van der Waals surface area (Å²) in [5.41, 5.74) is 2.45. The third-order valence-corrected chi connectivity index (χ3v) is 3.98. The van der Waals surface area contributed by atoms with E-state index in [0.717, 1.165) is 24.1 Å². The van der Waals surface area contributed by atoms with Crippen LogP contribution in [0.2, 0.25) is 0 Å². The van der Waals surface area contributed by atoms with Gasteiger partial charge in [0.25, 0.3) is 5.91 Å². The molecule has 1 aliphatic rings. The molecule has 4 nitrogen and oxygen atoms in total. The largest absolute Gasteiger partial charge is 0.331 e. The minimum absolute atomic E-state index is 0.00688. The van der Waals surface area contributed by atoms with Crippen LogP contribution in [0, 0.1) is 12.7 Å². The minimum Gasteiger partial charge on any atom is -0.331 e. The predicted molar refractivity (Wildman–Crippen MR) is 77.2 cm³/mol. The summed E-state index contributed by atoms with van der Waals surface area (Å²) in [6.45, 7) is 2.40. The summed E-state index contributed by atoms with van der Waals surface area (Å²) in [5.74, 6) is -0.251. The van der Waals surface area contributed by atoms with Gasteiger partial charge >= 0.3 is 0 Å². The van der Waals surface area contributed by atoms with E-state index in [1.807, 2.05) is 18.9 Å². The fourth-order valence-corrected chi connectivity index (χ4v) is 2.40. The highest BCUT2D eigenvalue weighted by molar-refractivity contribution is 5.95. The van der Waals surface area contributed by atoms with E-state index in [2.05, 4.69) is 5.10 Å². The summed E-state index contributed by atoms with van der Waals surface area (Å²) in [6.07, 6.45) is 3.69. The quantitative estimate of drug-likeness (QED) is 0.867. The third-order valence-electron chi connectivity index (χ3n) is 3.98. The van der Waals surface area contributed by atoms with Crippen LogP contribution in [0.5, 0.6) is 0 Å². The Kier molecular flexibility index (Phi) is 3.49. The summed E-state index contributed by atoms with van der Waals surface area (Å²) in [6, 6.07) is 6.62. The van der Waals surface area contributed by atoms with Gasteiger partial charge in [0.15, 0.2) is 0 Å². The maximum absolute atomic E-state index is 13.0. The molecule has 1 aliphatic carbocycles. The highest BCUT2D eigenvalue weighted by Crippen LogP contribution is 2.30. The first-order chi connectivity index (χ1) is 10.1. The summed E-state index contributed by atoms with van der Waals surface area (Å²) in [7, 11) is 1.83. The lowest BCUT2D eigenvalue weighted by Gasteiger charge is -2.22. The third kappa shape index (κ3) is 2.82. The van der Waals surface area contributed by atoms with Gasteiger partial charge in [-0.05, 0) is 37.5 Å². The smallest absolute Gasteiger partial charge is 0.257 e. The molecule has 1 fully saturated rings. The Labute approximate surface area is 123 Å². The second kappa shape index (κ2) is 5.31. The average molecular weight is 287 g/mol. The number of halogens is 1. The van der Waals surface area contributed by atoms with Crippen molar-refractivity contribution in [1.82, 2.24) is 14.7 Å². The van der Waals surface area contributed by atoms with Gasteiger partial charge in [0.05, 0.1) is 11.8 Å².